The van der Waals surface area contributed by atoms with Crippen LogP contribution < -0.4 is 15.0 Å². The number of likely N-dealkylation sites (tertiary alicyclic amines) is 1. The van der Waals surface area contributed by atoms with Crippen LogP contribution in [-0.2, 0) is 6.61 Å². The number of urea groups is 1. The summed E-state index contributed by atoms with van der Waals surface area (Å²) in [6.07, 6.45) is 5.12. The number of amides is 2. The summed E-state index contributed by atoms with van der Waals surface area (Å²) in [5, 5.41) is 2.90. The van der Waals surface area contributed by atoms with Gasteiger partial charge in [0.1, 0.15) is 18.2 Å². The van der Waals surface area contributed by atoms with Gasteiger partial charge in [-0.1, -0.05) is 12.1 Å². The Morgan fingerprint density at radius 1 is 1.16 bits per heavy atom. The van der Waals surface area contributed by atoms with Crippen LogP contribution in [0.5, 0.6) is 5.75 Å². The summed E-state index contributed by atoms with van der Waals surface area (Å²) < 4.78 is 19.1. The van der Waals surface area contributed by atoms with E-state index in [4.69, 9.17) is 4.74 Å². The maximum Gasteiger partial charge on any atom is 0.321 e. The minimum Gasteiger partial charge on any atom is -0.489 e. The number of nitrogens with zero attached hydrogens (tertiary/aromatic N) is 3. The smallest absolute Gasteiger partial charge is 0.321 e. The fourth-order valence-electron chi connectivity index (χ4n) is 3.88. The quantitative estimate of drug-likeness (QED) is 0.598. The van der Waals surface area contributed by atoms with Crippen LogP contribution in [0.2, 0.25) is 0 Å². The molecule has 0 atom stereocenters. The number of nitrogens with one attached hydrogen (secondary N) is 1. The van der Waals surface area contributed by atoms with Crippen molar-refractivity contribution in [1.29, 1.82) is 0 Å². The molecule has 1 saturated heterocycles. The number of piperidine rings is 1. The van der Waals surface area contributed by atoms with Crippen molar-refractivity contribution in [1.82, 2.24) is 9.88 Å². The third kappa shape index (κ3) is 5.55. The van der Waals surface area contributed by atoms with Gasteiger partial charge in [0.05, 0.1) is 11.9 Å². The van der Waals surface area contributed by atoms with Crippen molar-refractivity contribution in [2.24, 2.45) is 0 Å². The Labute approximate surface area is 187 Å². The molecule has 2 amide bonds. The Balaban J connectivity index is 1.26. The molecule has 0 spiro atoms. The molecular formula is C25H27FN4O2. The van der Waals surface area contributed by atoms with E-state index in [-0.39, 0.29) is 11.8 Å². The summed E-state index contributed by atoms with van der Waals surface area (Å²) in [6, 6.07) is 18.3. The number of pyridine rings is 1. The molecule has 2 aromatic carbocycles. The molecule has 0 saturated carbocycles. The zero-order chi connectivity index (χ0) is 22.3. The monoisotopic (exact) mass is 434 g/mol. The fraction of sp³-hybridized carbons (Fsp3) is 0.280. The highest BCUT2D eigenvalue weighted by Gasteiger charge is 2.25. The summed E-state index contributed by atoms with van der Waals surface area (Å²) in [5.41, 5.74) is 2.60. The zero-order valence-corrected chi connectivity index (χ0v) is 18.1. The number of carbonyl (C=O) groups is 1. The van der Waals surface area contributed by atoms with Crippen molar-refractivity contribution in [3.8, 4) is 5.75 Å². The van der Waals surface area contributed by atoms with Crippen LogP contribution in [0.15, 0.2) is 73.1 Å². The van der Waals surface area contributed by atoms with Crippen LogP contribution in [0, 0.1) is 5.82 Å². The summed E-state index contributed by atoms with van der Waals surface area (Å²) in [5.74, 6) is 0.483. The van der Waals surface area contributed by atoms with Gasteiger partial charge in [0.25, 0.3) is 0 Å². The van der Waals surface area contributed by atoms with E-state index in [0.29, 0.717) is 31.4 Å². The van der Waals surface area contributed by atoms with Crippen molar-refractivity contribution in [3.63, 3.8) is 0 Å². The largest absolute Gasteiger partial charge is 0.489 e. The van der Waals surface area contributed by atoms with Gasteiger partial charge >= 0.3 is 6.03 Å². The summed E-state index contributed by atoms with van der Waals surface area (Å²) in [7, 11) is 2.08. The molecule has 3 aromatic rings. The van der Waals surface area contributed by atoms with Gasteiger partial charge in [-0.25, -0.2) is 9.18 Å². The third-order valence-electron chi connectivity index (χ3n) is 5.75. The molecule has 1 aromatic heterocycles. The molecule has 166 valence electrons. The van der Waals surface area contributed by atoms with Gasteiger partial charge in [-0.15, -0.1) is 0 Å². The SMILES string of the molecule is CN(c1ccc(OCc2cccc(F)c2)cc1)C1CCN(C(=O)Nc2cccnc2)CC1. The lowest BCUT2D eigenvalue weighted by Gasteiger charge is -2.37. The molecule has 0 bridgehead atoms. The molecule has 1 fully saturated rings. The van der Waals surface area contributed by atoms with E-state index in [0.717, 1.165) is 29.8 Å². The first kappa shape index (κ1) is 21.6. The Bertz CT molecular complexity index is 1020. The van der Waals surface area contributed by atoms with E-state index >= 15 is 0 Å². The van der Waals surface area contributed by atoms with Crippen LogP contribution >= 0.6 is 0 Å². The van der Waals surface area contributed by atoms with Crippen LogP contribution in [0.4, 0.5) is 20.6 Å². The number of anilines is 2. The molecule has 7 heteroatoms. The number of carbonyl (C=O) groups excluding carboxylic acids is 1. The molecule has 1 N–H and O–H groups in total. The average molecular weight is 435 g/mol. The molecule has 1 aliphatic rings. The van der Waals surface area contributed by atoms with Gasteiger partial charge in [-0.3, -0.25) is 4.98 Å². The minimum atomic E-state index is -0.260. The molecule has 2 heterocycles. The Kier molecular flexibility index (Phi) is 6.84. The maximum absolute atomic E-state index is 13.3. The first-order chi connectivity index (χ1) is 15.6. The lowest BCUT2D eigenvalue weighted by atomic mass is 10.0. The molecule has 32 heavy (non-hydrogen) atoms. The Hall–Kier alpha value is -3.61. The Morgan fingerprint density at radius 3 is 2.62 bits per heavy atom. The van der Waals surface area contributed by atoms with Crippen molar-refractivity contribution in [3.05, 3.63) is 84.4 Å². The normalized spacial score (nSPS) is 14.1. The second kappa shape index (κ2) is 10.1. The standard InChI is InChI=1S/C25H27FN4O2/c1-29(22-7-9-24(10-8-22)32-18-19-4-2-5-20(26)16-19)23-11-14-30(15-12-23)25(31)28-21-6-3-13-27-17-21/h2-10,13,16-17,23H,11-12,14-15,18H2,1H3,(H,28,31). The summed E-state index contributed by atoms with van der Waals surface area (Å²) in [6.45, 7) is 1.73. The molecule has 0 aliphatic carbocycles. The Morgan fingerprint density at radius 2 is 1.94 bits per heavy atom. The maximum atomic E-state index is 13.3. The average Bonchev–Trinajstić information content (AvgIpc) is 2.83. The molecular weight excluding hydrogens is 407 g/mol. The fourth-order valence-corrected chi connectivity index (χ4v) is 3.88. The van der Waals surface area contributed by atoms with E-state index in [1.807, 2.05) is 41.3 Å². The topological polar surface area (TPSA) is 57.7 Å². The van der Waals surface area contributed by atoms with E-state index in [2.05, 4.69) is 22.2 Å². The van der Waals surface area contributed by atoms with Crippen LogP contribution in [0.3, 0.4) is 0 Å². The number of benzene rings is 2. The van der Waals surface area contributed by atoms with Crippen LogP contribution in [0.25, 0.3) is 0 Å². The minimum absolute atomic E-state index is 0.0843. The molecule has 6 nitrogen and oxygen atoms in total. The second-order valence-electron chi connectivity index (χ2n) is 7.91. The van der Waals surface area contributed by atoms with Gasteiger partial charge < -0.3 is 19.9 Å². The van der Waals surface area contributed by atoms with Crippen molar-refractivity contribution in [2.45, 2.75) is 25.5 Å². The number of rotatable bonds is 6. The predicted octanol–water partition coefficient (Wildman–Crippen LogP) is 4.93. The second-order valence-corrected chi connectivity index (χ2v) is 7.91. The molecule has 1 aliphatic heterocycles. The lowest BCUT2D eigenvalue weighted by molar-refractivity contribution is 0.194. The van der Waals surface area contributed by atoms with Crippen molar-refractivity contribution < 1.29 is 13.9 Å². The van der Waals surface area contributed by atoms with E-state index < -0.39 is 0 Å². The number of aromatic nitrogens is 1. The van der Waals surface area contributed by atoms with Crippen molar-refractivity contribution >= 4 is 17.4 Å². The van der Waals surface area contributed by atoms with Crippen LogP contribution in [0.1, 0.15) is 18.4 Å². The van der Waals surface area contributed by atoms with E-state index in [1.54, 1.807) is 24.5 Å². The summed E-state index contributed by atoms with van der Waals surface area (Å²) >= 11 is 0. The number of halogens is 1. The number of hydrogen-bond donors (Lipinski definition) is 1. The molecule has 4 rings (SSSR count). The zero-order valence-electron chi connectivity index (χ0n) is 18.1. The first-order valence-corrected chi connectivity index (χ1v) is 10.7. The number of ether oxygens (including phenoxy) is 1. The predicted molar refractivity (Wildman–Crippen MR) is 123 cm³/mol. The summed E-state index contributed by atoms with van der Waals surface area (Å²) in [4.78, 5) is 20.6. The van der Waals surface area contributed by atoms with Crippen molar-refractivity contribution in [2.75, 3.05) is 30.4 Å². The first-order valence-electron chi connectivity index (χ1n) is 10.7. The van der Waals surface area contributed by atoms with Gasteiger partial charge in [-0.2, -0.15) is 0 Å². The van der Waals surface area contributed by atoms with Gasteiger partial charge in [0, 0.05) is 38.1 Å². The molecule has 0 radical (unpaired) electrons. The molecule has 0 unspecified atom stereocenters. The van der Waals surface area contributed by atoms with Gasteiger partial charge in [0.2, 0.25) is 0 Å². The lowest BCUT2D eigenvalue weighted by Crippen LogP contribution is -2.47. The van der Waals surface area contributed by atoms with E-state index in [1.165, 1.54) is 12.1 Å². The van der Waals surface area contributed by atoms with Crippen LogP contribution in [-0.4, -0.2) is 42.1 Å². The van der Waals surface area contributed by atoms with Gasteiger partial charge in [-0.05, 0) is 66.9 Å². The number of hydrogen-bond acceptors (Lipinski definition) is 4. The highest BCUT2D eigenvalue weighted by molar-refractivity contribution is 5.89. The highest BCUT2D eigenvalue weighted by Crippen LogP contribution is 2.25. The third-order valence-corrected chi connectivity index (χ3v) is 5.75. The van der Waals surface area contributed by atoms with E-state index in [9.17, 15) is 9.18 Å². The van der Waals surface area contributed by atoms with Gasteiger partial charge in [0.15, 0.2) is 0 Å². The highest BCUT2D eigenvalue weighted by atomic mass is 19.1.